The van der Waals surface area contributed by atoms with Crippen LogP contribution in [-0.4, -0.2) is 74.9 Å². The molecule has 0 unspecified atom stereocenters. The van der Waals surface area contributed by atoms with E-state index in [2.05, 4.69) is 64.6 Å². The smallest absolute Gasteiger partial charge is 0.230 e. The molecule has 1 fully saturated rings. The minimum atomic E-state index is 0.124. The lowest BCUT2D eigenvalue weighted by molar-refractivity contribution is -0.121. The molecule has 1 saturated heterocycles. The maximum absolute atomic E-state index is 12.3. The molecule has 5 heterocycles. The summed E-state index contributed by atoms with van der Waals surface area (Å²) in [5.74, 6) is 1.21. The van der Waals surface area contributed by atoms with Crippen LogP contribution in [-0.2, 0) is 17.8 Å². The van der Waals surface area contributed by atoms with E-state index >= 15 is 0 Å². The SMILES string of the molecule is O=C1CCN2CCN(CC2)Cc2cccc(c2)Nc2ncnc(n2)-c2cncc(c2)CCCN1. The Kier molecular flexibility index (Phi) is 7.02. The van der Waals surface area contributed by atoms with Crippen LogP contribution in [0.2, 0.25) is 0 Å². The Balaban J connectivity index is 1.38. The van der Waals surface area contributed by atoms with Gasteiger partial charge in [0.25, 0.3) is 0 Å². The third-order valence-corrected chi connectivity index (χ3v) is 6.30. The highest BCUT2D eigenvalue weighted by atomic mass is 16.1. The predicted octanol–water partition coefficient (Wildman–Crippen LogP) is 2.25. The van der Waals surface area contributed by atoms with Gasteiger partial charge in [0.05, 0.1) is 0 Å². The summed E-state index contributed by atoms with van der Waals surface area (Å²) in [5.41, 5.74) is 4.13. The number of carbonyl (C=O) groups excluding carboxylic acids is 1. The summed E-state index contributed by atoms with van der Waals surface area (Å²) in [6, 6.07) is 10.4. The fourth-order valence-electron chi connectivity index (χ4n) is 4.42. The van der Waals surface area contributed by atoms with Crippen LogP contribution in [0.1, 0.15) is 24.0 Å². The highest BCUT2D eigenvalue weighted by molar-refractivity contribution is 5.76. The fourth-order valence-corrected chi connectivity index (χ4v) is 4.42. The van der Waals surface area contributed by atoms with Crippen molar-refractivity contribution in [2.45, 2.75) is 25.8 Å². The van der Waals surface area contributed by atoms with Gasteiger partial charge in [0.1, 0.15) is 6.33 Å². The third-order valence-electron chi connectivity index (χ3n) is 6.30. The molecule has 0 radical (unpaired) electrons. The van der Waals surface area contributed by atoms with Crippen molar-refractivity contribution in [1.29, 1.82) is 0 Å². The molecule has 0 aliphatic carbocycles. The summed E-state index contributed by atoms with van der Waals surface area (Å²) in [6.07, 6.45) is 7.38. The van der Waals surface area contributed by atoms with Gasteiger partial charge in [-0.2, -0.15) is 4.98 Å². The van der Waals surface area contributed by atoms with Crippen LogP contribution in [0, 0.1) is 0 Å². The van der Waals surface area contributed by atoms with Crippen molar-refractivity contribution in [3.63, 3.8) is 0 Å². The van der Waals surface area contributed by atoms with Gasteiger partial charge < -0.3 is 15.5 Å². The van der Waals surface area contributed by atoms with E-state index in [4.69, 9.17) is 0 Å². The summed E-state index contributed by atoms with van der Waals surface area (Å²) in [5, 5.41) is 6.38. The van der Waals surface area contributed by atoms with Gasteiger partial charge in [0.15, 0.2) is 5.82 Å². The van der Waals surface area contributed by atoms with Crippen LogP contribution in [0.4, 0.5) is 11.6 Å². The quantitative estimate of drug-likeness (QED) is 0.529. The molecular weight excluding hydrogens is 428 g/mol. The van der Waals surface area contributed by atoms with Crippen LogP contribution in [0.25, 0.3) is 11.4 Å². The van der Waals surface area contributed by atoms with Gasteiger partial charge in [0.2, 0.25) is 11.9 Å². The molecule has 176 valence electrons. The van der Waals surface area contributed by atoms with Crippen LogP contribution in [0.5, 0.6) is 0 Å². The maximum atomic E-state index is 12.3. The lowest BCUT2D eigenvalue weighted by Crippen LogP contribution is -2.46. The number of rotatable bonds is 0. The van der Waals surface area contributed by atoms with Crippen molar-refractivity contribution >= 4 is 17.5 Å². The van der Waals surface area contributed by atoms with E-state index in [0.717, 1.165) is 68.9 Å². The molecule has 1 amide bonds. The van der Waals surface area contributed by atoms with Crippen LogP contribution < -0.4 is 10.6 Å². The van der Waals surface area contributed by atoms with E-state index in [0.29, 0.717) is 24.7 Å². The van der Waals surface area contributed by atoms with E-state index in [9.17, 15) is 4.79 Å². The van der Waals surface area contributed by atoms with Gasteiger partial charge in [-0.25, -0.2) is 9.97 Å². The molecule has 1 aromatic carbocycles. The molecule has 0 saturated carbocycles. The second-order valence-corrected chi connectivity index (χ2v) is 8.86. The Morgan fingerprint density at radius 2 is 1.76 bits per heavy atom. The number of hydrogen-bond donors (Lipinski definition) is 2. The number of hydrogen-bond acceptors (Lipinski definition) is 8. The number of amides is 1. The zero-order valence-corrected chi connectivity index (χ0v) is 19.3. The molecule has 6 rings (SSSR count). The summed E-state index contributed by atoms with van der Waals surface area (Å²) < 4.78 is 0. The second-order valence-electron chi connectivity index (χ2n) is 8.86. The Bertz CT molecular complexity index is 1130. The largest absolute Gasteiger partial charge is 0.356 e. The molecule has 34 heavy (non-hydrogen) atoms. The van der Waals surface area contributed by atoms with Gasteiger partial charge in [-0.3, -0.25) is 14.7 Å². The molecule has 3 aliphatic rings. The lowest BCUT2D eigenvalue weighted by Gasteiger charge is -2.34. The molecule has 9 nitrogen and oxygen atoms in total. The first-order valence-electron chi connectivity index (χ1n) is 11.9. The second kappa shape index (κ2) is 10.7. The summed E-state index contributed by atoms with van der Waals surface area (Å²) in [7, 11) is 0. The minimum absolute atomic E-state index is 0.124. The van der Waals surface area contributed by atoms with E-state index < -0.39 is 0 Å². The van der Waals surface area contributed by atoms with Gasteiger partial charge in [-0.15, -0.1) is 0 Å². The molecule has 0 spiro atoms. The van der Waals surface area contributed by atoms with E-state index in [1.54, 1.807) is 6.20 Å². The number of fused-ring (bicyclic) bond motifs is 8. The maximum Gasteiger partial charge on any atom is 0.230 e. The zero-order chi connectivity index (χ0) is 23.2. The molecule has 2 aromatic heterocycles. The summed E-state index contributed by atoms with van der Waals surface area (Å²) >= 11 is 0. The Labute approximate surface area is 199 Å². The number of piperazine rings is 1. The average molecular weight is 459 g/mol. The van der Waals surface area contributed by atoms with E-state index in [-0.39, 0.29) is 5.91 Å². The van der Waals surface area contributed by atoms with Crippen molar-refractivity contribution in [3.8, 4) is 11.4 Å². The number of pyridine rings is 1. The topological polar surface area (TPSA) is 99.2 Å². The fraction of sp³-hybridized carbons (Fsp3) is 0.400. The Morgan fingerprint density at radius 3 is 2.68 bits per heavy atom. The van der Waals surface area contributed by atoms with Gasteiger partial charge >= 0.3 is 0 Å². The first-order valence-corrected chi connectivity index (χ1v) is 11.9. The van der Waals surface area contributed by atoms with Crippen molar-refractivity contribution in [1.82, 2.24) is 35.1 Å². The van der Waals surface area contributed by atoms with E-state index in [1.807, 2.05) is 12.3 Å². The molecular formula is C25H30N8O. The summed E-state index contributed by atoms with van der Waals surface area (Å²) in [4.78, 5) is 34.8. The van der Waals surface area contributed by atoms with Crippen molar-refractivity contribution in [2.75, 3.05) is 44.6 Å². The number of nitrogens with zero attached hydrogens (tertiary/aromatic N) is 6. The number of aromatic nitrogens is 4. The average Bonchev–Trinajstić information content (AvgIpc) is 2.86. The summed E-state index contributed by atoms with van der Waals surface area (Å²) in [6.45, 7) is 6.35. The van der Waals surface area contributed by atoms with Crippen molar-refractivity contribution in [3.05, 3.63) is 60.2 Å². The normalized spacial score (nSPS) is 21.5. The zero-order valence-electron chi connectivity index (χ0n) is 19.3. The number of aryl methyl sites for hydroxylation is 1. The van der Waals surface area contributed by atoms with Gasteiger partial charge in [0, 0.05) is 75.9 Å². The number of nitrogens with one attached hydrogen (secondary N) is 2. The third kappa shape index (κ3) is 5.92. The van der Waals surface area contributed by atoms with E-state index in [1.165, 1.54) is 11.9 Å². The number of carbonyl (C=O) groups is 1. The first-order chi connectivity index (χ1) is 16.7. The lowest BCUT2D eigenvalue weighted by atomic mass is 10.1. The Morgan fingerprint density at radius 1 is 0.882 bits per heavy atom. The molecule has 8 bridgehead atoms. The van der Waals surface area contributed by atoms with Crippen molar-refractivity contribution in [2.24, 2.45) is 0 Å². The number of anilines is 2. The Hall–Kier alpha value is -3.43. The molecule has 9 heteroatoms. The predicted molar refractivity (Wildman–Crippen MR) is 130 cm³/mol. The molecule has 2 N–H and O–H groups in total. The molecule has 3 aliphatic heterocycles. The van der Waals surface area contributed by atoms with Gasteiger partial charge in [-0.1, -0.05) is 12.1 Å². The first kappa shape index (κ1) is 22.4. The highest BCUT2D eigenvalue weighted by Gasteiger charge is 2.18. The van der Waals surface area contributed by atoms with Crippen LogP contribution >= 0.6 is 0 Å². The van der Waals surface area contributed by atoms with Gasteiger partial charge in [-0.05, 0) is 42.2 Å². The standard InChI is InChI=1S/C25H30N8O/c34-23-6-8-32-9-11-33(12-10-32)17-20-3-1-5-22(14-20)30-25-29-18-28-24(31-25)21-13-19(15-26-16-21)4-2-7-27-23/h1,3,5,13-16,18H,2,4,6-12,17H2,(H,27,34)(H,28,29,30,31). The van der Waals surface area contributed by atoms with Crippen LogP contribution in [0.3, 0.4) is 0 Å². The molecule has 3 aromatic rings. The molecule has 0 atom stereocenters. The number of benzene rings is 1. The monoisotopic (exact) mass is 458 g/mol. The minimum Gasteiger partial charge on any atom is -0.356 e. The van der Waals surface area contributed by atoms with Crippen molar-refractivity contribution < 1.29 is 4.79 Å². The van der Waals surface area contributed by atoms with Crippen LogP contribution in [0.15, 0.2) is 49.1 Å². The highest BCUT2D eigenvalue weighted by Crippen LogP contribution is 2.20.